The number of nitriles is 1. The smallest absolute Gasteiger partial charge is 0.258 e. The van der Waals surface area contributed by atoms with E-state index in [1.54, 1.807) is 24.3 Å². The van der Waals surface area contributed by atoms with E-state index in [2.05, 4.69) is 40.5 Å². The van der Waals surface area contributed by atoms with Crippen LogP contribution in [-0.2, 0) is 0 Å². The summed E-state index contributed by atoms with van der Waals surface area (Å²) < 4.78 is 0. The first kappa shape index (κ1) is 18.1. The maximum Gasteiger partial charge on any atom is 0.258 e. The van der Waals surface area contributed by atoms with Crippen LogP contribution in [0.5, 0.6) is 0 Å². The molecule has 6 heteroatoms. The molecule has 0 unspecified atom stereocenters. The molecule has 0 radical (unpaired) electrons. The highest BCUT2D eigenvalue weighted by atomic mass is 16.1. The Hall–Kier alpha value is -3.72. The van der Waals surface area contributed by atoms with E-state index in [1.807, 2.05) is 24.3 Å². The minimum atomic E-state index is -0.266. The van der Waals surface area contributed by atoms with Crippen molar-refractivity contribution in [3.8, 4) is 6.07 Å². The topological polar surface area (TPSA) is 90.7 Å². The number of nitrogens with one attached hydrogen (secondary N) is 2. The molecule has 0 fully saturated rings. The molecule has 0 aliphatic carbocycles. The summed E-state index contributed by atoms with van der Waals surface area (Å²) >= 11 is 0. The molecule has 0 saturated carbocycles. The van der Waals surface area contributed by atoms with Gasteiger partial charge in [-0.1, -0.05) is 26.0 Å². The number of hydrogen-bond donors (Lipinski definition) is 2. The largest absolute Gasteiger partial charge is 0.324 e. The van der Waals surface area contributed by atoms with E-state index in [1.165, 1.54) is 18.0 Å². The molecule has 0 aliphatic rings. The minimum Gasteiger partial charge on any atom is -0.324 e. The lowest BCUT2D eigenvalue weighted by Crippen LogP contribution is -2.13. The van der Waals surface area contributed by atoms with Crippen molar-refractivity contribution in [2.75, 3.05) is 10.6 Å². The summed E-state index contributed by atoms with van der Waals surface area (Å²) in [6.45, 7) is 4.25. The minimum absolute atomic E-state index is 0.266. The summed E-state index contributed by atoms with van der Waals surface area (Å²) in [6, 6.07) is 16.8. The Kier molecular flexibility index (Phi) is 5.43. The molecule has 1 amide bonds. The first-order valence-corrected chi connectivity index (χ1v) is 8.55. The summed E-state index contributed by atoms with van der Waals surface area (Å²) in [5, 5.41) is 14.7. The molecule has 3 aromatic rings. The van der Waals surface area contributed by atoms with Gasteiger partial charge in [0.1, 0.15) is 0 Å². The Morgan fingerprint density at radius 1 is 0.963 bits per heavy atom. The molecule has 0 atom stereocenters. The van der Waals surface area contributed by atoms with Gasteiger partial charge in [-0.3, -0.25) is 4.79 Å². The van der Waals surface area contributed by atoms with E-state index in [0.29, 0.717) is 23.0 Å². The Labute approximate surface area is 157 Å². The first-order chi connectivity index (χ1) is 13.0. The molecule has 0 spiro atoms. The molecule has 1 heterocycles. The molecule has 6 nitrogen and oxygen atoms in total. The molecule has 0 bridgehead atoms. The van der Waals surface area contributed by atoms with Gasteiger partial charge in [-0.15, -0.1) is 0 Å². The summed E-state index contributed by atoms with van der Waals surface area (Å²) in [6.07, 6.45) is 2.94. The first-order valence-electron chi connectivity index (χ1n) is 8.55. The highest BCUT2D eigenvalue weighted by Gasteiger charge is 2.08. The number of benzene rings is 2. The number of hydrogen-bond acceptors (Lipinski definition) is 5. The maximum absolute atomic E-state index is 12.3. The van der Waals surface area contributed by atoms with Crippen LogP contribution in [0, 0.1) is 11.3 Å². The summed E-state index contributed by atoms with van der Waals surface area (Å²) in [7, 11) is 0. The van der Waals surface area contributed by atoms with Crippen molar-refractivity contribution in [3.63, 3.8) is 0 Å². The summed E-state index contributed by atoms with van der Waals surface area (Å²) in [5.74, 6) is 0.550. The quantitative estimate of drug-likeness (QED) is 0.703. The SMILES string of the molecule is CC(C)c1ccc(NC(=O)c2cnc(Nc3ccc(C#N)cc3)nc2)cc1. The van der Waals surface area contributed by atoms with E-state index in [0.717, 1.165) is 11.4 Å². The molecule has 27 heavy (non-hydrogen) atoms. The number of carbonyl (C=O) groups is 1. The maximum atomic E-state index is 12.3. The molecule has 0 aliphatic heterocycles. The number of anilines is 3. The predicted octanol–water partition coefficient (Wildman–Crippen LogP) is 4.47. The van der Waals surface area contributed by atoms with Crippen molar-refractivity contribution in [2.45, 2.75) is 19.8 Å². The van der Waals surface area contributed by atoms with E-state index < -0.39 is 0 Å². The van der Waals surface area contributed by atoms with Crippen LogP contribution in [0.1, 0.15) is 41.3 Å². The van der Waals surface area contributed by atoms with Gasteiger partial charge < -0.3 is 10.6 Å². The zero-order valence-corrected chi connectivity index (χ0v) is 15.1. The highest BCUT2D eigenvalue weighted by Crippen LogP contribution is 2.18. The zero-order chi connectivity index (χ0) is 19.2. The van der Waals surface area contributed by atoms with Crippen LogP contribution in [0.15, 0.2) is 60.9 Å². The number of nitrogens with zero attached hydrogens (tertiary/aromatic N) is 3. The summed E-state index contributed by atoms with van der Waals surface area (Å²) in [4.78, 5) is 20.7. The standard InChI is InChI=1S/C21H19N5O/c1-14(2)16-5-9-18(10-6-16)25-20(27)17-12-23-21(24-13-17)26-19-7-3-15(11-22)4-8-19/h3-10,12-14H,1-2H3,(H,25,27)(H,23,24,26). The number of aromatic nitrogens is 2. The summed E-state index contributed by atoms with van der Waals surface area (Å²) in [5.41, 5.74) is 3.65. The Morgan fingerprint density at radius 3 is 2.11 bits per heavy atom. The lowest BCUT2D eigenvalue weighted by Gasteiger charge is -2.09. The van der Waals surface area contributed by atoms with Crippen molar-refractivity contribution in [1.82, 2.24) is 9.97 Å². The molecule has 2 aromatic carbocycles. The van der Waals surface area contributed by atoms with E-state index >= 15 is 0 Å². The lowest BCUT2D eigenvalue weighted by atomic mass is 10.0. The second-order valence-corrected chi connectivity index (χ2v) is 6.34. The van der Waals surface area contributed by atoms with Gasteiger partial charge in [0.05, 0.1) is 17.2 Å². The third-order valence-electron chi connectivity index (χ3n) is 4.02. The zero-order valence-electron chi connectivity index (χ0n) is 15.1. The second-order valence-electron chi connectivity index (χ2n) is 6.34. The van der Waals surface area contributed by atoms with Crippen molar-refractivity contribution in [1.29, 1.82) is 5.26 Å². The van der Waals surface area contributed by atoms with Crippen LogP contribution in [0.2, 0.25) is 0 Å². The van der Waals surface area contributed by atoms with E-state index in [4.69, 9.17) is 5.26 Å². The van der Waals surface area contributed by atoms with Gasteiger partial charge in [-0.05, 0) is 47.9 Å². The van der Waals surface area contributed by atoms with Gasteiger partial charge in [0, 0.05) is 23.8 Å². The Balaban J connectivity index is 1.63. The normalized spacial score (nSPS) is 10.3. The predicted molar refractivity (Wildman–Crippen MR) is 105 cm³/mol. The van der Waals surface area contributed by atoms with Crippen molar-refractivity contribution >= 4 is 23.2 Å². The fourth-order valence-electron chi connectivity index (χ4n) is 2.42. The van der Waals surface area contributed by atoms with Crippen LogP contribution in [0.3, 0.4) is 0 Å². The van der Waals surface area contributed by atoms with E-state index in [-0.39, 0.29) is 5.91 Å². The van der Waals surface area contributed by atoms with Crippen molar-refractivity contribution < 1.29 is 4.79 Å². The molecular weight excluding hydrogens is 338 g/mol. The Bertz CT molecular complexity index is 955. The fourth-order valence-corrected chi connectivity index (χ4v) is 2.42. The van der Waals surface area contributed by atoms with Gasteiger partial charge in [0.25, 0.3) is 5.91 Å². The molecule has 0 saturated heterocycles. The number of carbonyl (C=O) groups excluding carboxylic acids is 1. The van der Waals surface area contributed by atoms with Crippen LogP contribution in [-0.4, -0.2) is 15.9 Å². The van der Waals surface area contributed by atoms with Crippen molar-refractivity contribution in [2.24, 2.45) is 0 Å². The van der Waals surface area contributed by atoms with Crippen molar-refractivity contribution in [3.05, 3.63) is 77.6 Å². The van der Waals surface area contributed by atoms with Crippen LogP contribution in [0.4, 0.5) is 17.3 Å². The molecule has 134 valence electrons. The third-order valence-corrected chi connectivity index (χ3v) is 4.02. The van der Waals surface area contributed by atoms with Crippen LogP contribution < -0.4 is 10.6 Å². The van der Waals surface area contributed by atoms with Gasteiger partial charge >= 0.3 is 0 Å². The number of rotatable bonds is 5. The Morgan fingerprint density at radius 2 is 1.56 bits per heavy atom. The number of amides is 1. The fraction of sp³-hybridized carbons (Fsp3) is 0.143. The van der Waals surface area contributed by atoms with E-state index in [9.17, 15) is 4.79 Å². The van der Waals surface area contributed by atoms with Gasteiger partial charge in [-0.25, -0.2) is 9.97 Å². The van der Waals surface area contributed by atoms with Gasteiger partial charge in [-0.2, -0.15) is 5.26 Å². The lowest BCUT2D eigenvalue weighted by molar-refractivity contribution is 0.102. The average molecular weight is 357 g/mol. The molecular formula is C21H19N5O. The molecule has 3 rings (SSSR count). The average Bonchev–Trinajstić information content (AvgIpc) is 2.69. The molecule has 2 N–H and O–H groups in total. The van der Waals surface area contributed by atoms with Crippen LogP contribution in [0.25, 0.3) is 0 Å². The highest BCUT2D eigenvalue weighted by molar-refractivity contribution is 6.03. The third kappa shape index (κ3) is 4.67. The van der Waals surface area contributed by atoms with Crippen LogP contribution >= 0.6 is 0 Å². The van der Waals surface area contributed by atoms with Gasteiger partial charge in [0.15, 0.2) is 0 Å². The van der Waals surface area contributed by atoms with Gasteiger partial charge in [0.2, 0.25) is 5.95 Å². The monoisotopic (exact) mass is 357 g/mol. The second kappa shape index (κ2) is 8.11. The molecule has 1 aromatic heterocycles.